The van der Waals surface area contributed by atoms with E-state index < -0.39 is 5.91 Å². The van der Waals surface area contributed by atoms with E-state index in [0.29, 0.717) is 22.2 Å². The Kier molecular flexibility index (Phi) is 6.20. The van der Waals surface area contributed by atoms with Gasteiger partial charge in [-0.1, -0.05) is 32.0 Å². The zero-order valence-corrected chi connectivity index (χ0v) is 15.8. The molecule has 0 saturated carbocycles. The summed E-state index contributed by atoms with van der Waals surface area (Å²) in [7, 11) is 0. The Bertz CT molecular complexity index is 783. The molecular formula is C19H24N2O3S. The number of nitrogens with two attached hydrogens (primary N) is 1. The number of aryl methyl sites for hydroxylation is 1. The van der Waals surface area contributed by atoms with Crippen molar-refractivity contribution in [2.24, 2.45) is 5.73 Å². The lowest BCUT2D eigenvalue weighted by Gasteiger charge is -2.15. The maximum absolute atomic E-state index is 12.3. The molecule has 1 aromatic carbocycles. The number of carbonyl (C=O) groups excluding carboxylic acids is 2. The Morgan fingerprint density at radius 1 is 1.28 bits per heavy atom. The van der Waals surface area contributed by atoms with E-state index in [9.17, 15) is 9.59 Å². The molecule has 2 rings (SSSR count). The summed E-state index contributed by atoms with van der Waals surface area (Å²) in [5.41, 5.74) is 7.68. The number of primary amides is 1. The molecule has 0 saturated heterocycles. The number of rotatable bonds is 7. The lowest BCUT2D eigenvalue weighted by Crippen LogP contribution is -2.22. The van der Waals surface area contributed by atoms with Gasteiger partial charge in [-0.3, -0.25) is 9.59 Å². The van der Waals surface area contributed by atoms with E-state index in [1.54, 1.807) is 0 Å². The third kappa shape index (κ3) is 4.39. The van der Waals surface area contributed by atoms with Crippen LogP contribution in [0.4, 0.5) is 5.00 Å². The lowest BCUT2D eigenvalue weighted by atomic mass is 9.98. The minimum Gasteiger partial charge on any atom is -0.483 e. The first-order chi connectivity index (χ1) is 11.8. The number of benzene rings is 1. The van der Waals surface area contributed by atoms with Crippen LogP contribution >= 0.6 is 11.3 Å². The molecule has 0 aliphatic heterocycles. The molecule has 3 N–H and O–H groups in total. The maximum atomic E-state index is 12.3. The lowest BCUT2D eigenvalue weighted by molar-refractivity contribution is -0.118. The van der Waals surface area contributed by atoms with Crippen molar-refractivity contribution in [1.82, 2.24) is 0 Å². The molecule has 5 nitrogen and oxygen atoms in total. The molecule has 2 aromatic rings. The summed E-state index contributed by atoms with van der Waals surface area (Å²) in [5, 5.41) is 3.22. The van der Waals surface area contributed by atoms with Gasteiger partial charge in [0, 0.05) is 4.88 Å². The summed E-state index contributed by atoms with van der Waals surface area (Å²) in [4.78, 5) is 24.8. The van der Waals surface area contributed by atoms with E-state index in [-0.39, 0.29) is 12.5 Å². The topological polar surface area (TPSA) is 81.4 Å². The van der Waals surface area contributed by atoms with Crippen molar-refractivity contribution in [2.45, 2.75) is 40.0 Å². The van der Waals surface area contributed by atoms with Crippen LogP contribution in [-0.2, 0) is 4.79 Å². The van der Waals surface area contributed by atoms with Crippen LogP contribution in [-0.4, -0.2) is 18.4 Å². The Morgan fingerprint density at radius 2 is 1.96 bits per heavy atom. The van der Waals surface area contributed by atoms with Crippen molar-refractivity contribution in [3.05, 3.63) is 45.8 Å². The van der Waals surface area contributed by atoms with Gasteiger partial charge in [-0.2, -0.15) is 0 Å². The van der Waals surface area contributed by atoms with Crippen LogP contribution in [0.3, 0.4) is 0 Å². The molecule has 0 unspecified atom stereocenters. The Labute approximate surface area is 152 Å². The molecule has 0 fully saturated rings. The fraction of sp³-hybridized carbons (Fsp3) is 0.368. The highest BCUT2D eigenvalue weighted by atomic mass is 32.1. The average Bonchev–Trinajstić information content (AvgIpc) is 2.86. The van der Waals surface area contributed by atoms with Gasteiger partial charge in [0.05, 0.1) is 5.56 Å². The van der Waals surface area contributed by atoms with Crippen molar-refractivity contribution >= 4 is 28.2 Å². The van der Waals surface area contributed by atoms with E-state index in [4.69, 9.17) is 10.5 Å². The third-order valence-corrected chi connectivity index (χ3v) is 5.43. The highest BCUT2D eigenvalue weighted by Crippen LogP contribution is 2.32. The predicted octanol–water partition coefficient (Wildman–Crippen LogP) is 3.99. The number of amides is 2. The first-order valence-electron chi connectivity index (χ1n) is 8.26. The van der Waals surface area contributed by atoms with Gasteiger partial charge in [-0.05, 0) is 43.4 Å². The summed E-state index contributed by atoms with van der Waals surface area (Å²) in [5.74, 6) is 0.201. The van der Waals surface area contributed by atoms with Gasteiger partial charge in [0.15, 0.2) is 6.61 Å². The molecule has 1 aromatic heterocycles. The molecule has 0 spiro atoms. The van der Waals surface area contributed by atoms with Gasteiger partial charge in [-0.15, -0.1) is 11.3 Å². The summed E-state index contributed by atoms with van der Waals surface area (Å²) >= 11 is 1.34. The van der Waals surface area contributed by atoms with Crippen molar-refractivity contribution in [2.75, 3.05) is 11.9 Å². The van der Waals surface area contributed by atoms with Gasteiger partial charge in [-0.25, -0.2) is 0 Å². The average molecular weight is 360 g/mol. The first kappa shape index (κ1) is 19.0. The number of ether oxygens (including phenoxy) is 1. The van der Waals surface area contributed by atoms with E-state index >= 15 is 0 Å². The molecule has 1 heterocycles. The van der Waals surface area contributed by atoms with Crippen molar-refractivity contribution < 1.29 is 14.3 Å². The number of para-hydroxylation sites is 1. The zero-order valence-electron chi connectivity index (χ0n) is 15.0. The van der Waals surface area contributed by atoms with Crippen molar-refractivity contribution in [1.29, 1.82) is 0 Å². The highest BCUT2D eigenvalue weighted by Gasteiger charge is 2.19. The van der Waals surface area contributed by atoms with Crippen molar-refractivity contribution in [3.63, 3.8) is 0 Å². The molecule has 0 bridgehead atoms. The standard InChI is InChI=1S/C19H24N2O3S/c1-5-11(2)14-8-6-7-9-15(14)24-10-16(22)21-19-17(18(20)23)12(3)13(4)25-19/h6-9,11H,5,10H2,1-4H3,(H2,20,23)(H,21,22)/t11-/m1/s1. The van der Waals surface area contributed by atoms with E-state index in [1.807, 2.05) is 38.1 Å². The third-order valence-electron chi connectivity index (χ3n) is 4.31. The number of hydrogen-bond acceptors (Lipinski definition) is 4. The van der Waals surface area contributed by atoms with Gasteiger partial charge in [0.25, 0.3) is 11.8 Å². The zero-order chi connectivity index (χ0) is 18.6. The van der Waals surface area contributed by atoms with Crippen LogP contribution in [0.5, 0.6) is 5.75 Å². The molecule has 0 radical (unpaired) electrons. The van der Waals surface area contributed by atoms with Crippen LogP contribution in [0.2, 0.25) is 0 Å². The summed E-state index contributed by atoms with van der Waals surface area (Å²) in [6, 6.07) is 7.72. The summed E-state index contributed by atoms with van der Waals surface area (Å²) < 4.78 is 5.71. The highest BCUT2D eigenvalue weighted by molar-refractivity contribution is 7.16. The molecule has 1 atom stereocenters. The van der Waals surface area contributed by atoms with Crippen LogP contribution in [0.15, 0.2) is 24.3 Å². The van der Waals surface area contributed by atoms with Crippen molar-refractivity contribution in [3.8, 4) is 5.75 Å². The van der Waals surface area contributed by atoms with Crippen LogP contribution < -0.4 is 15.8 Å². The van der Waals surface area contributed by atoms with Crippen LogP contribution in [0.1, 0.15) is 52.5 Å². The van der Waals surface area contributed by atoms with E-state index in [1.165, 1.54) is 11.3 Å². The second-order valence-electron chi connectivity index (χ2n) is 6.04. The van der Waals surface area contributed by atoms with Gasteiger partial charge in [0.2, 0.25) is 0 Å². The fourth-order valence-electron chi connectivity index (χ4n) is 2.56. The summed E-state index contributed by atoms with van der Waals surface area (Å²) in [6.07, 6.45) is 0.988. The van der Waals surface area contributed by atoms with Gasteiger partial charge in [0.1, 0.15) is 10.8 Å². The molecule has 25 heavy (non-hydrogen) atoms. The number of nitrogens with one attached hydrogen (secondary N) is 1. The number of anilines is 1. The molecule has 2 amide bonds. The Hall–Kier alpha value is -2.34. The SMILES string of the molecule is CC[C@@H](C)c1ccccc1OCC(=O)Nc1sc(C)c(C)c1C(N)=O. The number of hydrogen-bond donors (Lipinski definition) is 2. The monoisotopic (exact) mass is 360 g/mol. The van der Waals surface area contributed by atoms with Gasteiger partial charge < -0.3 is 15.8 Å². The van der Waals surface area contributed by atoms with E-state index in [0.717, 1.165) is 22.4 Å². The molecule has 134 valence electrons. The quantitative estimate of drug-likeness (QED) is 0.783. The first-order valence-corrected chi connectivity index (χ1v) is 9.08. The Morgan fingerprint density at radius 3 is 2.60 bits per heavy atom. The molecule has 0 aliphatic carbocycles. The van der Waals surface area contributed by atoms with Gasteiger partial charge >= 0.3 is 0 Å². The largest absolute Gasteiger partial charge is 0.483 e. The minimum absolute atomic E-state index is 0.123. The molecular weight excluding hydrogens is 336 g/mol. The smallest absolute Gasteiger partial charge is 0.262 e. The fourth-order valence-corrected chi connectivity index (χ4v) is 3.64. The second-order valence-corrected chi connectivity index (χ2v) is 7.26. The second kappa shape index (κ2) is 8.16. The normalized spacial score (nSPS) is 11.8. The molecule has 0 aliphatic rings. The van der Waals surface area contributed by atoms with Crippen LogP contribution in [0.25, 0.3) is 0 Å². The molecule has 6 heteroatoms. The van der Waals surface area contributed by atoms with Crippen LogP contribution in [0, 0.1) is 13.8 Å². The number of thiophene rings is 1. The minimum atomic E-state index is -0.541. The summed E-state index contributed by atoms with van der Waals surface area (Å²) in [6.45, 7) is 7.82. The maximum Gasteiger partial charge on any atom is 0.262 e. The Balaban J connectivity index is 2.08. The predicted molar refractivity (Wildman–Crippen MR) is 102 cm³/mol. The number of carbonyl (C=O) groups is 2. The van der Waals surface area contributed by atoms with E-state index in [2.05, 4.69) is 19.2 Å².